The first-order valence-corrected chi connectivity index (χ1v) is 20.4. The van der Waals surface area contributed by atoms with Gasteiger partial charge in [0, 0.05) is 57.6 Å². The topological polar surface area (TPSA) is 176 Å². The number of carbonyl (C=O) groups is 3. The highest BCUT2D eigenvalue weighted by Crippen LogP contribution is 2.38. The number of amides is 3. The van der Waals surface area contributed by atoms with Crippen LogP contribution in [0.5, 0.6) is 0 Å². The third-order valence-corrected chi connectivity index (χ3v) is 14.0. The van der Waals surface area contributed by atoms with Gasteiger partial charge in [-0.05, 0) is 76.1 Å². The van der Waals surface area contributed by atoms with Gasteiger partial charge in [-0.25, -0.2) is 31.5 Å². The van der Waals surface area contributed by atoms with Crippen LogP contribution in [0.25, 0.3) is 16.7 Å². The summed E-state index contributed by atoms with van der Waals surface area (Å²) in [5.74, 6) is -1.25. The Kier molecular flexibility index (Phi) is 10.0. The van der Waals surface area contributed by atoms with Crippen LogP contribution in [0.15, 0.2) is 58.3 Å². The number of imidazole rings is 1. The average molecular weight is 795 g/mol. The zero-order chi connectivity index (χ0) is 39.5. The summed E-state index contributed by atoms with van der Waals surface area (Å²) in [7, 11) is -0.687. The molecule has 6 heterocycles. The molecule has 3 fully saturated rings. The zero-order valence-electron chi connectivity index (χ0n) is 31.1. The van der Waals surface area contributed by atoms with Crippen molar-refractivity contribution < 1.29 is 31.6 Å². The zero-order valence-corrected chi connectivity index (χ0v) is 31.9. The number of rotatable bonds is 9. The first-order chi connectivity index (χ1) is 26.8. The number of halogens is 2. The van der Waals surface area contributed by atoms with Crippen LogP contribution >= 0.6 is 0 Å². The van der Waals surface area contributed by atoms with Crippen molar-refractivity contribution in [3.05, 3.63) is 69.5 Å². The van der Waals surface area contributed by atoms with E-state index in [0.717, 1.165) is 60.8 Å². The van der Waals surface area contributed by atoms with Crippen LogP contribution in [0.1, 0.15) is 67.8 Å². The van der Waals surface area contributed by atoms with E-state index in [0.29, 0.717) is 30.3 Å². The van der Waals surface area contributed by atoms with Crippen molar-refractivity contribution in [2.45, 2.75) is 75.9 Å². The highest BCUT2D eigenvalue weighted by atomic mass is 32.2. The second-order valence-electron chi connectivity index (χ2n) is 15.2. The molecule has 16 nitrogen and oxygen atoms in total. The lowest BCUT2D eigenvalue weighted by atomic mass is 9.85. The van der Waals surface area contributed by atoms with Crippen LogP contribution in [0.4, 0.5) is 14.5 Å². The summed E-state index contributed by atoms with van der Waals surface area (Å²) in [6.07, 6.45) is 5.76. The molecule has 4 aliphatic rings. The Bertz CT molecular complexity index is 2410. The van der Waals surface area contributed by atoms with E-state index in [1.54, 1.807) is 23.9 Å². The summed E-state index contributed by atoms with van der Waals surface area (Å²) in [5, 5.41) is 8.86. The van der Waals surface area contributed by atoms with Crippen molar-refractivity contribution in [3.8, 4) is 0 Å². The Morgan fingerprint density at radius 2 is 1.80 bits per heavy atom. The van der Waals surface area contributed by atoms with Crippen molar-refractivity contribution in [1.82, 2.24) is 43.6 Å². The smallest absolute Gasteiger partial charge is 0.329 e. The average Bonchev–Trinajstić information content (AvgIpc) is 3.81. The van der Waals surface area contributed by atoms with E-state index in [2.05, 4.69) is 37.6 Å². The molecule has 1 saturated carbocycles. The van der Waals surface area contributed by atoms with E-state index in [9.17, 15) is 36.4 Å². The van der Waals surface area contributed by atoms with Crippen molar-refractivity contribution in [1.29, 1.82) is 0 Å². The van der Waals surface area contributed by atoms with E-state index >= 15 is 0 Å². The SMILES string of the molecule is CN(C[C@H]1CC[C@H](N2CC(NC(=O)c3cnn4cccnc34)=C(C(F)F)S2(=O)=O)CC1)C1CCN(c2cccc3c2n(C)c(=O)n3C2CCC(=O)NC2=O)CC1. The molecule has 1 aliphatic carbocycles. The molecule has 2 saturated heterocycles. The molecule has 1 atom stereocenters. The molecule has 3 aromatic heterocycles. The number of sulfonamides is 1. The van der Waals surface area contributed by atoms with Gasteiger partial charge in [-0.2, -0.15) is 9.40 Å². The van der Waals surface area contributed by atoms with E-state index < -0.39 is 45.3 Å². The number of hydrogen-bond donors (Lipinski definition) is 2. The number of para-hydroxylation sites is 1. The quantitative estimate of drug-likeness (QED) is 0.240. The maximum atomic E-state index is 14.3. The lowest BCUT2D eigenvalue weighted by Gasteiger charge is -2.40. The molecular formula is C37H44F2N10O6S. The Morgan fingerprint density at radius 1 is 1.05 bits per heavy atom. The third-order valence-electron chi connectivity index (χ3n) is 12.0. The molecule has 19 heteroatoms. The van der Waals surface area contributed by atoms with Crippen LogP contribution in [-0.2, 0) is 26.7 Å². The van der Waals surface area contributed by atoms with Crippen molar-refractivity contribution in [3.63, 3.8) is 0 Å². The minimum atomic E-state index is -4.50. The molecule has 8 rings (SSSR count). The van der Waals surface area contributed by atoms with Crippen LogP contribution < -0.4 is 21.2 Å². The Balaban J connectivity index is 0.869. The summed E-state index contributed by atoms with van der Waals surface area (Å²) >= 11 is 0. The number of hydrogen-bond acceptors (Lipinski definition) is 10. The first kappa shape index (κ1) is 37.9. The molecule has 1 unspecified atom stereocenters. The lowest BCUT2D eigenvalue weighted by Crippen LogP contribution is -2.46. The second-order valence-corrected chi connectivity index (χ2v) is 17.1. The van der Waals surface area contributed by atoms with Crippen LogP contribution in [0, 0.1) is 5.92 Å². The molecule has 4 aromatic rings. The van der Waals surface area contributed by atoms with Crippen LogP contribution in [0.3, 0.4) is 0 Å². The van der Waals surface area contributed by atoms with Crippen LogP contribution in [-0.4, -0.2) is 111 Å². The van der Waals surface area contributed by atoms with Gasteiger partial charge < -0.3 is 15.1 Å². The maximum absolute atomic E-state index is 14.3. The van der Waals surface area contributed by atoms with Gasteiger partial charge in [-0.1, -0.05) is 6.07 Å². The molecule has 0 radical (unpaired) electrons. The van der Waals surface area contributed by atoms with Gasteiger partial charge in [0.05, 0.1) is 35.2 Å². The number of nitrogens with zero attached hydrogens (tertiary/aromatic N) is 8. The van der Waals surface area contributed by atoms with Gasteiger partial charge in [0.15, 0.2) is 5.65 Å². The van der Waals surface area contributed by atoms with Crippen molar-refractivity contribution in [2.24, 2.45) is 13.0 Å². The largest absolute Gasteiger partial charge is 0.370 e. The fourth-order valence-corrected chi connectivity index (χ4v) is 10.9. The van der Waals surface area contributed by atoms with Gasteiger partial charge in [-0.15, -0.1) is 0 Å². The normalized spacial score (nSPS) is 23.9. The fourth-order valence-electron chi connectivity index (χ4n) is 9.09. The Morgan fingerprint density at radius 3 is 2.52 bits per heavy atom. The number of imide groups is 1. The van der Waals surface area contributed by atoms with Gasteiger partial charge >= 0.3 is 5.69 Å². The molecule has 0 spiro atoms. The molecule has 0 bridgehead atoms. The van der Waals surface area contributed by atoms with Gasteiger partial charge in [-0.3, -0.25) is 28.8 Å². The number of alkyl halides is 2. The molecular weight excluding hydrogens is 751 g/mol. The van der Waals surface area contributed by atoms with Crippen molar-refractivity contribution in [2.75, 3.05) is 38.1 Å². The fraction of sp³-hybridized carbons (Fsp3) is 0.514. The number of aromatic nitrogens is 5. The summed E-state index contributed by atoms with van der Waals surface area (Å²) in [5.41, 5.74) is 1.97. The number of nitrogens with one attached hydrogen (secondary N) is 2. The van der Waals surface area contributed by atoms with E-state index in [4.69, 9.17) is 0 Å². The molecule has 298 valence electrons. The number of aryl methyl sites for hydroxylation is 1. The maximum Gasteiger partial charge on any atom is 0.329 e. The van der Waals surface area contributed by atoms with Crippen LogP contribution in [0.2, 0.25) is 0 Å². The van der Waals surface area contributed by atoms with E-state index in [1.807, 2.05) is 18.2 Å². The monoisotopic (exact) mass is 794 g/mol. The molecule has 3 amide bonds. The first-order valence-electron chi connectivity index (χ1n) is 18.9. The Labute approximate surface area is 321 Å². The number of carbonyl (C=O) groups excluding carboxylic acids is 3. The summed E-state index contributed by atoms with van der Waals surface area (Å²) in [6, 6.07) is 6.45. The minimum absolute atomic E-state index is 0.0453. The number of fused-ring (bicyclic) bond motifs is 2. The predicted octanol–water partition coefficient (Wildman–Crippen LogP) is 2.37. The number of piperidine rings is 2. The summed E-state index contributed by atoms with van der Waals surface area (Å²) in [4.78, 5) is 58.7. The second kappa shape index (κ2) is 14.8. The number of anilines is 1. The summed E-state index contributed by atoms with van der Waals surface area (Å²) < 4.78 is 61.1. The third kappa shape index (κ3) is 6.68. The predicted molar refractivity (Wildman–Crippen MR) is 201 cm³/mol. The van der Waals surface area contributed by atoms with E-state index in [1.165, 1.54) is 21.5 Å². The van der Waals surface area contributed by atoms with E-state index in [-0.39, 0.29) is 47.9 Å². The molecule has 1 aromatic carbocycles. The highest BCUT2D eigenvalue weighted by Gasteiger charge is 2.46. The lowest BCUT2D eigenvalue weighted by molar-refractivity contribution is -0.135. The Hall–Kier alpha value is -5.01. The standard InChI is InChI=1S/C37H44F2N10O6S/c1-44(23-13-17-46(18-14-23)27-5-3-6-28-31(27)45(2)37(53)49(28)29-11-12-30(50)43-36(29)52)20-22-7-9-24(10-8-22)48-21-26(32(33(38)39)56(48,54)55)42-35(51)25-19-41-47-16-4-15-40-34(25)47/h3-6,15-16,19,22-24,29,33H,7-14,17-18,20-21H2,1-2H3,(H,42,51)(H,43,50,52)/t22-,24-,29?. The minimum Gasteiger partial charge on any atom is -0.370 e. The summed E-state index contributed by atoms with van der Waals surface area (Å²) in [6.45, 7) is 2.01. The molecule has 56 heavy (non-hydrogen) atoms. The number of allylic oxidation sites excluding steroid dienone is 1. The van der Waals surface area contributed by atoms with Gasteiger partial charge in [0.25, 0.3) is 12.3 Å². The number of benzene rings is 1. The highest BCUT2D eigenvalue weighted by molar-refractivity contribution is 7.93. The van der Waals surface area contributed by atoms with Gasteiger partial charge in [0.1, 0.15) is 16.5 Å². The van der Waals surface area contributed by atoms with Gasteiger partial charge in [0.2, 0.25) is 21.8 Å². The molecule has 2 N–H and O–H groups in total. The van der Waals surface area contributed by atoms with Crippen molar-refractivity contribution >= 4 is 50.1 Å². The molecule has 3 aliphatic heterocycles.